The van der Waals surface area contributed by atoms with E-state index in [9.17, 15) is 4.79 Å². The van der Waals surface area contributed by atoms with Crippen LogP contribution in [0.1, 0.15) is 0 Å². The quantitative estimate of drug-likeness (QED) is 0.769. The summed E-state index contributed by atoms with van der Waals surface area (Å²) < 4.78 is 8.10. The van der Waals surface area contributed by atoms with Gasteiger partial charge in [-0.25, -0.2) is 9.66 Å². The highest BCUT2D eigenvalue weighted by molar-refractivity contribution is 5.73. The minimum Gasteiger partial charge on any atom is -0.495 e. The van der Waals surface area contributed by atoms with Gasteiger partial charge in [0.2, 0.25) is 0 Å². The van der Waals surface area contributed by atoms with Gasteiger partial charge in [-0.05, 0) is 12.1 Å². The summed E-state index contributed by atoms with van der Waals surface area (Å²) >= 11 is 0. The molecule has 7 heteroatoms. The summed E-state index contributed by atoms with van der Waals surface area (Å²) in [6.45, 7) is 0. The zero-order valence-corrected chi connectivity index (χ0v) is 11.1. The van der Waals surface area contributed by atoms with E-state index in [4.69, 9.17) is 4.74 Å². The Morgan fingerprint density at radius 2 is 2.10 bits per heavy atom. The van der Waals surface area contributed by atoms with Gasteiger partial charge >= 0.3 is 0 Å². The van der Waals surface area contributed by atoms with Crippen molar-refractivity contribution in [2.24, 2.45) is 7.05 Å². The van der Waals surface area contributed by atoms with Crippen molar-refractivity contribution in [2.45, 2.75) is 0 Å². The molecule has 3 rings (SSSR count). The maximum atomic E-state index is 12.3. The average molecular weight is 271 g/mol. The molecule has 0 aliphatic heterocycles. The van der Waals surface area contributed by atoms with Gasteiger partial charge in [0, 0.05) is 7.05 Å². The Balaban J connectivity index is 2.07. The van der Waals surface area contributed by atoms with Gasteiger partial charge in [-0.15, -0.1) is 0 Å². The van der Waals surface area contributed by atoms with E-state index in [1.54, 1.807) is 18.8 Å². The number of anilines is 1. The van der Waals surface area contributed by atoms with Gasteiger partial charge in [0.05, 0.1) is 19.0 Å². The van der Waals surface area contributed by atoms with Crippen LogP contribution < -0.4 is 15.7 Å². The molecule has 0 radical (unpaired) electrons. The Kier molecular flexibility index (Phi) is 2.86. The normalized spacial score (nSPS) is 10.7. The van der Waals surface area contributed by atoms with Crippen LogP contribution in [-0.4, -0.2) is 26.6 Å². The number of nitrogens with zero attached hydrogens (tertiary/aromatic N) is 4. The molecule has 20 heavy (non-hydrogen) atoms. The molecule has 0 amide bonds. The van der Waals surface area contributed by atoms with Crippen molar-refractivity contribution in [2.75, 3.05) is 12.5 Å². The first-order chi connectivity index (χ1) is 9.70. The summed E-state index contributed by atoms with van der Waals surface area (Å²) in [7, 11) is 3.32. The van der Waals surface area contributed by atoms with Crippen LogP contribution in [0.15, 0.2) is 41.6 Å². The Bertz CT molecular complexity index is 821. The summed E-state index contributed by atoms with van der Waals surface area (Å²) in [5.41, 5.74) is 3.99. The van der Waals surface area contributed by atoms with E-state index in [1.165, 1.54) is 17.2 Å². The standard InChI is InChI=1S/C13H13N5O2/c1-17-12-9(7-15-17)13(19)18(8-14-12)16-10-5-3-4-6-11(10)20-2/h3-8,16H,1-2H3. The molecule has 0 unspecified atom stereocenters. The molecule has 0 bridgehead atoms. The van der Waals surface area contributed by atoms with Gasteiger partial charge in [0.1, 0.15) is 17.5 Å². The van der Waals surface area contributed by atoms with Crippen LogP contribution >= 0.6 is 0 Å². The predicted molar refractivity (Wildman–Crippen MR) is 74.8 cm³/mol. The number of aromatic nitrogens is 4. The first kappa shape index (κ1) is 12.2. The molecule has 1 N–H and O–H groups in total. The molecule has 102 valence electrons. The Morgan fingerprint density at radius 1 is 1.30 bits per heavy atom. The number of fused-ring (bicyclic) bond motifs is 1. The molecule has 2 heterocycles. The number of hydrogen-bond acceptors (Lipinski definition) is 5. The third kappa shape index (κ3) is 1.89. The molecule has 0 saturated heterocycles. The minimum atomic E-state index is -0.214. The lowest BCUT2D eigenvalue weighted by molar-refractivity contribution is 0.416. The third-order valence-electron chi connectivity index (χ3n) is 3.00. The fourth-order valence-corrected chi connectivity index (χ4v) is 1.98. The van der Waals surface area contributed by atoms with Crippen LogP contribution in [-0.2, 0) is 7.05 Å². The van der Waals surface area contributed by atoms with Gasteiger partial charge in [-0.3, -0.25) is 14.9 Å². The first-order valence-corrected chi connectivity index (χ1v) is 6.00. The average Bonchev–Trinajstić information content (AvgIpc) is 2.85. The van der Waals surface area contributed by atoms with E-state index in [0.717, 1.165) is 0 Å². The Labute approximate surface area is 114 Å². The number of hydrogen-bond donors (Lipinski definition) is 1. The number of benzene rings is 1. The van der Waals surface area contributed by atoms with Crippen LogP contribution in [0.4, 0.5) is 5.69 Å². The van der Waals surface area contributed by atoms with Crippen molar-refractivity contribution in [1.29, 1.82) is 0 Å². The summed E-state index contributed by atoms with van der Waals surface area (Å²) in [4.78, 5) is 16.5. The highest BCUT2D eigenvalue weighted by Crippen LogP contribution is 2.22. The lowest BCUT2D eigenvalue weighted by Gasteiger charge is -2.12. The van der Waals surface area contributed by atoms with Crippen molar-refractivity contribution in [1.82, 2.24) is 19.4 Å². The molecular weight excluding hydrogens is 258 g/mol. The third-order valence-corrected chi connectivity index (χ3v) is 3.00. The molecular formula is C13H13N5O2. The summed E-state index contributed by atoms with van der Waals surface area (Å²) in [5.74, 6) is 0.644. The number of para-hydroxylation sites is 2. The number of methoxy groups -OCH3 is 1. The lowest BCUT2D eigenvalue weighted by Crippen LogP contribution is -2.26. The van der Waals surface area contributed by atoms with Gasteiger partial charge in [-0.2, -0.15) is 5.10 Å². The largest absolute Gasteiger partial charge is 0.495 e. The minimum absolute atomic E-state index is 0.214. The second-order valence-electron chi connectivity index (χ2n) is 4.24. The molecule has 0 aliphatic rings. The molecule has 0 spiro atoms. The van der Waals surface area contributed by atoms with E-state index >= 15 is 0 Å². The highest BCUT2D eigenvalue weighted by Gasteiger charge is 2.09. The van der Waals surface area contributed by atoms with Crippen LogP contribution in [0.2, 0.25) is 0 Å². The number of ether oxygens (including phenoxy) is 1. The SMILES string of the molecule is COc1ccccc1Nn1cnc2c(cnn2C)c1=O. The Hall–Kier alpha value is -2.83. The van der Waals surface area contributed by atoms with Gasteiger partial charge in [0.15, 0.2) is 5.65 Å². The highest BCUT2D eigenvalue weighted by atomic mass is 16.5. The number of nitrogens with one attached hydrogen (secondary N) is 1. The van der Waals surface area contributed by atoms with Gasteiger partial charge in [0.25, 0.3) is 5.56 Å². The second-order valence-corrected chi connectivity index (χ2v) is 4.24. The number of aryl methyl sites for hydroxylation is 1. The van der Waals surface area contributed by atoms with Gasteiger partial charge < -0.3 is 4.74 Å². The zero-order chi connectivity index (χ0) is 14.1. The van der Waals surface area contributed by atoms with E-state index < -0.39 is 0 Å². The zero-order valence-electron chi connectivity index (χ0n) is 11.1. The van der Waals surface area contributed by atoms with E-state index in [0.29, 0.717) is 22.5 Å². The van der Waals surface area contributed by atoms with Crippen molar-refractivity contribution in [3.63, 3.8) is 0 Å². The summed E-state index contributed by atoms with van der Waals surface area (Å²) in [6.07, 6.45) is 2.93. The van der Waals surface area contributed by atoms with Crippen LogP contribution in [0.5, 0.6) is 5.75 Å². The smallest absolute Gasteiger partial charge is 0.283 e. The van der Waals surface area contributed by atoms with Crippen molar-refractivity contribution in [3.05, 3.63) is 47.1 Å². The van der Waals surface area contributed by atoms with Crippen LogP contribution in [0.3, 0.4) is 0 Å². The maximum Gasteiger partial charge on any atom is 0.283 e. The molecule has 0 saturated carbocycles. The lowest BCUT2D eigenvalue weighted by atomic mass is 10.3. The van der Waals surface area contributed by atoms with E-state index in [-0.39, 0.29) is 5.56 Å². The van der Waals surface area contributed by atoms with Crippen LogP contribution in [0, 0.1) is 0 Å². The maximum absolute atomic E-state index is 12.3. The molecule has 0 atom stereocenters. The summed E-state index contributed by atoms with van der Waals surface area (Å²) in [6, 6.07) is 7.34. The molecule has 2 aromatic heterocycles. The van der Waals surface area contributed by atoms with Gasteiger partial charge in [-0.1, -0.05) is 12.1 Å². The second kappa shape index (κ2) is 4.69. The fourth-order valence-electron chi connectivity index (χ4n) is 1.98. The predicted octanol–water partition coefficient (Wildman–Crippen LogP) is 1.01. The monoisotopic (exact) mass is 271 g/mol. The van der Waals surface area contributed by atoms with E-state index in [1.807, 2.05) is 24.3 Å². The van der Waals surface area contributed by atoms with Crippen molar-refractivity contribution < 1.29 is 4.74 Å². The molecule has 7 nitrogen and oxygen atoms in total. The number of rotatable bonds is 3. The first-order valence-electron chi connectivity index (χ1n) is 6.00. The molecule has 0 aliphatic carbocycles. The summed E-state index contributed by atoms with van der Waals surface area (Å²) in [5, 5.41) is 4.48. The molecule has 0 fully saturated rings. The topological polar surface area (TPSA) is 74.0 Å². The van der Waals surface area contributed by atoms with E-state index in [2.05, 4.69) is 15.5 Å². The van der Waals surface area contributed by atoms with Crippen molar-refractivity contribution >= 4 is 16.7 Å². The fraction of sp³-hybridized carbons (Fsp3) is 0.154. The Morgan fingerprint density at radius 3 is 2.90 bits per heavy atom. The molecule has 1 aromatic carbocycles. The van der Waals surface area contributed by atoms with Crippen molar-refractivity contribution in [3.8, 4) is 5.75 Å². The molecule has 3 aromatic rings. The van der Waals surface area contributed by atoms with Crippen LogP contribution in [0.25, 0.3) is 11.0 Å².